The molecule has 3 aliphatic heterocycles. The fourth-order valence-corrected chi connectivity index (χ4v) is 10.0. The van der Waals surface area contributed by atoms with Crippen LogP contribution in [-0.4, -0.2) is 77.8 Å². The Balaban J connectivity index is 1.08. The van der Waals surface area contributed by atoms with E-state index in [1.807, 2.05) is 12.1 Å². The van der Waals surface area contributed by atoms with Crippen LogP contribution in [0.3, 0.4) is 0 Å². The fraction of sp³-hybridized carbons (Fsp3) is 0.543. The predicted molar refractivity (Wildman–Crippen MR) is 180 cm³/mol. The molecule has 1 aliphatic carbocycles. The van der Waals surface area contributed by atoms with E-state index in [0.717, 1.165) is 64.1 Å². The molecular formula is C35H48N6O3S. The van der Waals surface area contributed by atoms with Crippen LogP contribution in [0.15, 0.2) is 69.5 Å². The van der Waals surface area contributed by atoms with Crippen LogP contribution in [-0.2, 0) is 26.6 Å². The Morgan fingerprint density at radius 2 is 1.82 bits per heavy atom. The van der Waals surface area contributed by atoms with Crippen LogP contribution in [0.25, 0.3) is 0 Å². The Morgan fingerprint density at radius 1 is 1.09 bits per heavy atom. The van der Waals surface area contributed by atoms with Crippen LogP contribution >= 0.6 is 0 Å². The van der Waals surface area contributed by atoms with Gasteiger partial charge in [0.1, 0.15) is 4.91 Å². The molecule has 242 valence electrons. The number of sulfone groups is 1. The van der Waals surface area contributed by atoms with E-state index in [9.17, 15) is 13.2 Å². The molecule has 0 spiro atoms. The summed E-state index contributed by atoms with van der Waals surface area (Å²) in [7, 11) is -2.16. The topological polar surface area (TPSA) is 120 Å². The highest BCUT2D eigenvalue weighted by atomic mass is 32.2. The highest BCUT2D eigenvalue weighted by Crippen LogP contribution is 2.52. The van der Waals surface area contributed by atoms with Crippen LogP contribution in [0.2, 0.25) is 0 Å². The molecule has 1 amide bonds. The lowest BCUT2D eigenvalue weighted by Gasteiger charge is -2.53. The molecule has 45 heavy (non-hydrogen) atoms. The third-order valence-electron chi connectivity index (χ3n) is 10.9. The summed E-state index contributed by atoms with van der Waals surface area (Å²) in [4.78, 5) is 21.2. The summed E-state index contributed by atoms with van der Waals surface area (Å²) in [5, 5.41) is 7.16. The molecule has 4 aliphatic rings. The summed E-state index contributed by atoms with van der Waals surface area (Å²) >= 11 is 0. The number of rotatable bonds is 9. The van der Waals surface area contributed by atoms with Crippen molar-refractivity contribution in [2.45, 2.75) is 61.9 Å². The van der Waals surface area contributed by atoms with E-state index in [1.165, 1.54) is 50.1 Å². The minimum absolute atomic E-state index is 0.00352. The fourth-order valence-electron chi connectivity index (χ4n) is 8.83. The monoisotopic (exact) mass is 632 g/mol. The number of nitrogens with one attached hydrogen (secondary N) is 2. The minimum Gasteiger partial charge on any atom is -0.403 e. The average Bonchev–Trinajstić information content (AvgIpc) is 3.49. The Morgan fingerprint density at radius 3 is 2.51 bits per heavy atom. The van der Waals surface area contributed by atoms with Crippen LogP contribution in [0, 0.1) is 17.8 Å². The normalized spacial score (nSPS) is 27.0. The second-order valence-electron chi connectivity index (χ2n) is 13.4. The Labute approximate surface area is 268 Å². The van der Waals surface area contributed by atoms with Crippen molar-refractivity contribution in [2.75, 3.05) is 51.2 Å². The predicted octanol–water partition coefficient (Wildman–Crippen LogP) is 3.46. The SMILES string of the molecule is CN=CC(=CN)S(=O)(=O)c1ccc(N2CC(CN3CCC(C4([C@@H]5CCC[C@H]5NC(C)=O)CNCc5ccccc54)CC3)C2)cc1. The average molecular weight is 633 g/mol. The largest absolute Gasteiger partial charge is 0.403 e. The molecule has 3 fully saturated rings. The highest BCUT2D eigenvalue weighted by Gasteiger charge is 2.53. The zero-order valence-corrected chi connectivity index (χ0v) is 27.4. The molecule has 3 atom stereocenters. The van der Waals surface area contributed by atoms with Crippen molar-refractivity contribution in [1.82, 2.24) is 15.5 Å². The van der Waals surface area contributed by atoms with Crippen molar-refractivity contribution in [3.63, 3.8) is 0 Å². The molecular weight excluding hydrogens is 584 g/mol. The number of likely N-dealkylation sites (tertiary alicyclic amines) is 1. The number of anilines is 1. The minimum atomic E-state index is -3.68. The van der Waals surface area contributed by atoms with Gasteiger partial charge >= 0.3 is 0 Å². The van der Waals surface area contributed by atoms with Crippen molar-refractivity contribution < 1.29 is 13.2 Å². The van der Waals surface area contributed by atoms with Gasteiger partial charge in [-0.3, -0.25) is 9.79 Å². The van der Waals surface area contributed by atoms with Crippen LogP contribution in [0.1, 0.15) is 50.2 Å². The van der Waals surface area contributed by atoms with Gasteiger partial charge < -0.3 is 26.2 Å². The maximum Gasteiger partial charge on any atom is 0.217 e. The standard InChI is InChI=1S/C35H48N6O3S/c1-25(42)39-34-9-5-8-33(34)35(24-38-19-27-6-3-4-7-32(27)35)28-14-16-40(17-15-28)21-26-22-41(23-26)29-10-12-30(13-11-29)45(43,44)31(18-36)20-37-2/h3-4,6-7,10-13,18,20,26,28,33-34,38H,5,8-9,14-17,19,21-24,36H2,1-2H3,(H,39,42)/t33-,34-,35?/m1/s1. The smallest absolute Gasteiger partial charge is 0.217 e. The zero-order chi connectivity index (χ0) is 31.6. The van der Waals surface area contributed by atoms with Crippen LogP contribution in [0.4, 0.5) is 5.69 Å². The summed E-state index contributed by atoms with van der Waals surface area (Å²) < 4.78 is 25.7. The molecule has 9 nitrogen and oxygen atoms in total. The number of aliphatic imine (C=N–C) groups is 1. The molecule has 0 aromatic heterocycles. The number of amides is 1. The van der Waals surface area contributed by atoms with E-state index < -0.39 is 9.84 Å². The molecule has 3 heterocycles. The first-order valence-electron chi connectivity index (χ1n) is 16.5. The highest BCUT2D eigenvalue weighted by molar-refractivity contribution is 7.96. The number of piperidine rings is 1. The maximum atomic E-state index is 12.9. The number of benzene rings is 2. The quantitative estimate of drug-likeness (QED) is 0.363. The third kappa shape index (κ3) is 6.16. The van der Waals surface area contributed by atoms with E-state index >= 15 is 0 Å². The molecule has 2 aromatic rings. The summed E-state index contributed by atoms with van der Waals surface area (Å²) in [6.45, 7) is 8.83. The summed E-state index contributed by atoms with van der Waals surface area (Å²) in [5.41, 5.74) is 9.57. The van der Waals surface area contributed by atoms with Gasteiger partial charge in [0.25, 0.3) is 0 Å². The summed E-state index contributed by atoms with van der Waals surface area (Å²) in [6.07, 6.45) is 8.12. The number of nitrogens with zero attached hydrogens (tertiary/aromatic N) is 3. The van der Waals surface area contributed by atoms with Gasteiger partial charge in [0.05, 0.1) is 4.90 Å². The number of allylic oxidation sites excluding steroid dienone is 1. The lowest BCUT2D eigenvalue weighted by atomic mass is 9.56. The Bertz CT molecular complexity index is 1530. The van der Waals surface area contributed by atoms with Gasteiger partial charge in [0.15, 0.2) is 0 Å². The summed E-state index contributed by atoms with van der Waals surface area (Å²) in [6, 6.07) is 16.4. The second-order valence-corrected chi connectivity index (χ2v) is 15.4. The molecule has 10 heteroatoms. The van der Waals surface area contributed by atoms with Crippen molar-refractivity contribution in [3.05, 3.63) is 70.8 Å². The molecule has 0 bridgehead atoms. The lowest BCUT2D eigenvalue weighted by Crippen LogP contribution is -2.59. The van der Waals surface area contributed by atoms with E-state index in [1.54, 1.807) is 19.1 Å². The summed E-state index contributed by atoms with van der Waals surface area (Å²) in [5.74, 6) is 1.71. The van der Waals surface area contributed by atoms with Gasteiger partial charge in [-0.15, -0.1) is 0 Å². The molecule has 4 N–H and O–H groups in total. The number of carbonyl (C=O) groups is 1. The van der Waals surface area contributed by atoms with E-state index in [0.29, 0.717) is 17.8 Å². The lowest BCUT2D eigenvalue weighted by molar-refractivity contribution is -0.120. The van der Waals surface area contributed by atoms with Crippen LogP contribution < -0.4 is 21.3 Å². The molecule has 2 saturated heterocycles. The van der Waals surface area contributed by atoms with Gasteiger partial charge in [0.2, 0.25) is 15.7 Å². The molecule has 0 radical (unpaired) electrons. The van der Waals surface area contributed by atoms with Crippen molar-refractivity contribution in [1.29, 1.82) is 0 Å². The van der Waals surface area contributed by atoms with E-state index in [4.69, 9.17) is 5.73 Å². The van der Waals surface area contributed by atoms with Gasteiger partial charge in [-0.2, -0.15) is 0 Å². The first-order valence-corrected chi connectivity index (χ1v) is 18.0. The van der Waals surface area contributed by atoms with Gasteiger partial charge in [-0.05, 0) is 86.0 Å². The van der Waals surface area contributed by atoms with E-state index in [2.05, 4.69) is 49.7 Å². The third-order valence-corrected chi connectivity index (χ3v) is 12.6. The van der Waals surface area contributed by atoms with Crippen LogP contribution in [0.5, 0.6) is 0 Å². The van der Waals surface area contributed by atoms with Gasteiger partial charge in [-0.1, -0.05) is 30.7 Å². The van der Waals surface area contributed by atoms with Gasteiger partial charge in [0, 0.05) is 82.2 Å². The van der Waals surface area contributed by atoms with E-state index in [-0.39, 0.29) is 27.2 Å². The second kappa shape index (κ2) is 13.3. The van der Waals surface area contributed by atoms with Crippen molar-refractivity contribution in [2.24, 2.45) is 28.5 Å². The Kier molecular flexibility index (Phi) is 9.36. The number of nitrogens with two attached hydrogens (primary N) is 1. The molecule has 1 saturated carbocycles. The first-order chi connectivity index (χ1) is 21.8. The van der Waals surface area contributed by atoms with Gasteiger partial charge in [-0.25, -0.2) is 8.42 Å². The molecule has 6 rings (SSSR count). The first kappa shape index (κ1) is 31.8. The zero-order valence-electron chi connectivity index (χ0n) is 26.6. The number of hydrogen-bond acceptors (Lipinski definition) is 8. The maximum absolute atomic E-state index is 12.9. The Hall–Kier alpha value is -3.21. The van der Waals surface area contributed by atoms with Crippen molar-refractivity contribution in [3.8, 4) is 0 Å². The number of carbonyl (C=O) groups excluding carboxylic acids is 1. The number of hydrogen-bond donors (Lipinski definition) is 3. The number of fused-ring (bicyclic) bond motifs is 1. The van der Waals surface area contributed by atoms with Crippen molar-refractivity contribution >= 4 is 27.6 Å². The molecule has 1 unspecified atom stereocenters. The molecule has 2 aromatic carbocycles.